The van der Waals surface area contributed by atoms with Crippen molar-refractivity contribution in [3.05, 3.63) is 51.2 Å². The largest absolute Gasteiger partial charge is 0.573 e. The van der Waals surface area contributed by atoms with Crippen LogP contribution in [0.3, 0.4) is 0 Å². The van der Waals surface area contributed by atoms with E-state index in [4.69, 9.17) is 11.6 Å². The summed E-state index contributed by atoms with van der Waals surface area (Å²) in [6.07, 6.45) is -4.00. The van der Waals surface area contributed by atoms with Crippen LogP contribution >= 0.6 is 22.9 Å². The second kappa shape index (κ2) is 8.50. The lowest BCUT2D eigenvalue weighted by Gasteiger charge is -2.22. The van der Waals surface area contributed by atoms with Crippen molar-refractivity contribution in [2.75, 3.05) is 26.2 Å². The van der Waals surface area contributed by atoms with Gasteiger partial charge in [-0.25, -0.2) is 0 Å². The minimum Gasteiger partial charge on any atom is -0.404 e. The number of hydrogen-bond donors (Lipinski definition) is 0. The van der Waals surface area contributed by atoms with Crippen molar-refractivity contribution in [1.29, 1.82) is 0 Å². The molecule has 3 rings (SSSR count). The highest BCUT2D eigenvalue weighted by molar-refractivity contribution is 7.07. The van der Waals surface area contributed by atoms with Crippen molar-refractivity contribution in [3.63, 3.8) is 0 Å². The van der Waals surface area contributed by atoms with Gasteiger partial charge in [-0.3, -0.25) is 9.69 Å². The lowest BCUT2D eigenvalue weighted by molar-refractivity contribution is -0.274. The molecule has 0 saturated carbocycles. The molecule has 2 aromatic rings. The van der Waals surface area contributed by atoms with E-state index in [0.29, 0.717) is 13.1 Å². The van der Waals surface area contributed by atoms with E-state index in [1.54, 1.807) is 16.2 Å². The summed E-state index contributed by atoms with van der Waals surface area (Å²) in [7, 11) is 0. The normalized spacial score (nSPS) is 16.2. The fourth-order valence-corrected chi connectivity index (χ4v) is 3.88. The summed E-state index contributed by atoms with van der Waals surface area (Å²) in [5.41, 5.74) is 1.51. The lowest BCUT2D eigenvalue weighted by atomic mass is 10.2. The first-order valence-electron chi connectivity index (χ1n) is 8.40. The predicted octanol–water partition coefficient (Wildman–Crippen LogP) is 4.65. The maximum absolute atomic E-state index is 12.7. The standard InChI is InChI=1S/C18H18ClF3N2O2S/c19-15-10-14(2-3-16(15)26-18(20,21)22)17(25)24-6-1-5-23(7-8-24)11-13-4-9-27-12-13/h2-4,9-10,12H,1,5-8,11H2. The number of rotatable bonds is 4. The molecule has 0 radical (unpaired) electrons. The first-order valence-corrected chi connectivity index (χ1v) is 9.72. The van der Waals surface area contributed by atoms with Crippen LogP contribution in [0.5, 0.6) is 5.75 Å². The van der Waals surface area contributed by atoms with E-state index >= 15 is 0 Å². The number of benzene rings is 1. The van der Waals surface area contributed by atoms with Crippen molar-refractivity contribution in [1.82, 2.24) is 9.80 Å². The van der Waals surface area contributed by atoms with Crippen molar-refractivity contribution < 1.29 is 22.7 Å². The smallest absolute Gasteiger partial charge is 0.404 e. The van der Waals surface area contributed by atoms with E-state index in [1.807, 2.05) is 5.38 Å². The molecule has 146 valence electrons. The molecule has 4 nitrogen and oxygen atoms in total. The fraction of sp³-hybridized carbons (Fsp3) is 0.389. The van der Waals surface area contributed by atoms with Gasteiger partial charge in [0.25, 0.3) is 5.91 Å². The van der Waals surface area contributed by atoms with Gasteiger partial charge in [-0.15, -0.1) is 13.2 Å². The SMILES string of the molecule is O=C(c1ccc(OC(F)(F)F)c(Cl)c1)N1CCCN(Cc2ccsc2)CC1. The third kappa shape index (κ3) is 5.60. The van der Waals surface area contributed by atoms with Gasteiger partial charge in [0.1, 0.15) is 5.75 Å². The van der Waals surface area contributed by atoms with E-state index in [-0.39, 0.29) is 16.5 Å². The summed E-state index contributed by atoms with van der Waals surface area (Å²) in [4.78, 5) is 16.7. The molecule has 1 saturated heterocycles. The van der Waals surface area contributed by atoms with E-state index in [0.717, 1.165) is 32.1 Å². The summed E-state index contributed by atoms with van der Waals surface area (Å²) in [5.74, 6) is -0.758. The van der Waals surface area contributed by atoms with Gasteiger partial charge in [0.15, 0.2) is 0 Å². The second-order valence-corrected chi connectivity index (χ2v) is 7.43. The van der Waals surface area contributed by atoms with Gasteiger partial charge in [0.2, 0.25) is 0 Å². The van der Waals surface area contributed by atoms with Gasteiger partial charge in [-0.05, 0) is 47.0 Å². The molecule has 2 heterocycles. The molecule has 1 aliphatic rings. The van der Waals surface area contributed by atoms with Crippen molar-refractivity contribution in [2.24, 2.45) is 0 Å². The molecule has 0 atom stereocenters. The molecule has 1 fully saturated rings. The van der Waals surface area contributed by atoms with Crippen LogP contribution in [0.2, 0.25) is 5.02 Å². The number of hydrogen-bond acceptors (Lipinski definition) is 4. The maximum Gasteiger partial charge on any atom is 0.573 e. The zero-order valence-electron chi connectivity index (χ0n) is 14.3. The lowest BCUT2D eigenvalue weighted by Crippen LogP contribution is -2.35. The molecule has 1 aromatic carbocycles. The Morgan fingerprint density at radius 3 is 2.67 bits per heavy atom. The second-order valence-electron chi connectivity index (χ2n) is 6.25. The van der Waals surface area contributed by atoms with Crippen LogP contribution in [-0.4, -0.2) is 48.2 Å². The minimum absolute atomic E-state index is 0.243. The summed E-state index contributed by atoms with van der Waals surface area (Å²) >= 11 is 7.51. The predicted molar refractivity (Wildman–Crippen MR) is 98.3 cm³/mol. The average molecular weight is 419 g/mol. The molecule has 1 aromatic heterocycles. The Hall–Kier alpha value is -1.77. The number of alkyl halides is 3. The fourth-order valence-electron chi connectivity index (χ4n) is 3.00. The number of ether oxygens (including phenoxy) is 1. The Labute approximate surface area is 164 Å². The Morgan fingerprint density at radius 2 is 2.00 bits per heavy atom. The third-order valence-electron chi connectivity index (χ3n) is 4.27. The van der Waals surface area contributed by atoms with Crippen LogP contribution in [0.25, 0.3) is 0 Å². The van der Waals surface area contributed by atoms with E-state index in [1.165, 1.54) is 17.7 Å². The summed E-state index contributed by atoms with van der Waals surface area (Å²) in [6, 6.07) is 5.69. The van der Waals surface area contributed by atoms with Gasteiger partial charge >= 0.3 is 6.36 Å². The zero-order valence-corrected chi connectivity index (χ0v) is 15.9. The molecule has 0 aliphatic carbocycles. The summed E-state index contributed by atoms with van der Waals surface area (Å²) in [6.45, 7) is 3.63. The number of amides is 1. The molecular formula is C18H18ClF3N2O2S. The molecule has 9 heteroatoms. The molecule has 0 N–H and O–H groups in total. The van der Waals surface area contributed by atoms with Gasteiger partial charge in [-0.1, -0.05) is 11.6 Å². The van der Waals surface area contributed by atoms with Crippen LogP contribution in [0.15, 0.2) is 35.0 Å². The highest BCUT2D eigenvalue weighted by atomic mass is 35.5. The number of carbonyl (C=O) groups is 1. The Morgan fingerprint density at radius 1 is 1.19 bits per heavy atom. The highest BCUT2D eigenvalue weighted by Crippen LogP contribution is 2.31. The van der Waals surface area contributed by atoms with E-state index in [2.05, 4.69) is 21.1 Å². The van der Waals surface area contributed by atoms with Crippen LogP contribution in [0.4, 0.5) is 13.2 Å². The molecule has 0 spiro atoms. The Bertz CT molecular complexity index is 783. The molecular weight excluding hydrogens is 401 g/mol. The summed E-state index contributed by atoms with van der Waals surface area (Å²) in [5, 5.41) is 3.91. The summed E-state index contributed by atoms with van der Waals surface area (Å²) < 4.78 is 40.8. The first kappa shape index (κ1) is 20.0. The van der Waals surface area contributed by atoms with Crippen LogP contribution in [0.1, 0.15) is 22.3 Å². The van der Waals surface area contributed by atoms with Crippen molar-refractivity contribution >= 4 is 28.8 Å². The number of halogens is 4. The van der Waals surface area contributed by atoms with Gasteiger partial charge < -0.3 is 9.64 Å². The third-order valence-corrected chi connectivity index (χ3v) is 5.29. The van der Waals surface area contributed by atoms with Gasteiger partial charge in [0.05, 0.1) is 5.02 Å². The maximum atomic E-state index is 12.7. The Balaban J connectivity index is 1.62. The van der Waals surface area contributed by atoms with Crippen molar-refractivity contribution in [2.45, 2.75) is 19.3 Å². The topological polar surface area (TPSA) is 32.8 Å². The average Bonchev–Trinajstić information content (AvgIpc) is 2.99. The van der Waals surface area contributed by atoms with Crippen molar-refractivity contribution in [3.8, 4) is 5.75 Å². The first-order chi connectivity index (χ1) is 12.8. The van der Waals surface area contributed by atoms with Gasteiger partial charge in [-0.2, -0.15) is 11.3 Å². The zero-order chi connectivity index (χ0) is 19.4. The molecule has 0 unspecified atom stereocenters. The molecule has 1 amide bonds. The van der Waals surface area contributed by atoms with Crippen LogP contribution in [0, 0.1) is 0 Å². The number of carbonyl (C=O) groups excluding carboxylic acids is 1. The van der Waals surface area contributed by atoms with E-state index in [9.17, 15) is 18.0 Å². The Kier molecular flexibility index (Phi) is 6.29. The quantitative estimate of drug-likeness (QED) is 0.724. The van der Waals surface area contributed by atoms with E-state index < -0.39 is 12.1 Å². The number of thiophene rings is 1. The molecule has 0 bridgehead atoms. The monoisotopic (exact) mass is 418 g/mol. The minimum atomic E-state index is -4.83. The van der Waals surface area contributed by atoms with Gasteiger partial charge in [0, 0.05) is 38.3 Å². The van der Waals surface area contributed by atoms with Crippen LogP contribution in [-0.2, 0) is 6.54 Å². The molecule has 27 heavy (non-hydrogen) atoms. The highest BCUT2D eigenvalue weighted by Gasteiger charge is 2.32. The molecule has 1 aliphatic heterocycles. The van der Waals surface area contributed by atoms with Crippen LogP contribution < -0.4 is 4.74 Å². The number of nitrogens with zero attached hydrogens (tertiary/aromatic N) is 2.